The van der Waals surface area contributed by atoms with E-state index in [0.29, 0.717) is 0 Å². The fourth-order valence-corrected chi connectivity index (χ4v) is 1.84. The maximum absolute atomic E-state index is 13.1. The topological polar surface area (TPSA) is 64.1 Å². The summed E-state index contributed by atoms with van der Waals surface area (Å²) in [5, 5.41) is 13.1. The van der Waals surface area contributed by atoms with Crippen molar-refractivity contribution in [2.45, 2.75) is 12.6 Å². The third kappa shape index (κ3) is 2.70. The van der Waals surface area contributed by atoms with Gasteiger partial charge in [-0.2, -0.15) is 18.3 Å². The molecule has 0 unspecified atom stereocenters. The number of phenolic OH excluding ortho intramolecular Hbond substituents is 1. The van der Waals surface area contributed by atoms with Crippen molar-refractivity contribution >= 4 is 0 Å². The van der Waals surface area contributed by atoms with E-state index in [1.54, 1.807) is 0 Å². The Balaban J connectivity index is 2.58. The summed E-state index contributed by atoms with van der Waals surface area (Å²) in [5.41, 5.74) is 4.63. The minimum Gasteiger partial charge on any atom is -0.508 e. The maximum atomic E-state index is 13.1. The molecule has 0 aliphatic carbocycles. The average Bonchev–Trinajstić information content (AvgIpc) is 2.73. The highest BCUT2D eigenvalue weighted by Crippen LogP contribution is 2.34. The van der Waals surface area contributed by atoms with Crippen LogP contribution in [-0.4, -0.2) is 21.4 Å². The molecule has 1 aromatic carbocycles. The quantitative estimate of drug-likeness (QED) is 0.898. The Labute approximate surface area is 107 Å². The summed E-state index contributed by atoms with van der Waals surface area (Å²) in [6, 6.07) is 5.48. The van der Waals surface area contributed by atoms with Crippen LogP contribution in [0.3, 0.4) is 0 Å². The van der Waals surface area contributed by atoms with Crippen molar-refractivity contribution < 1.29 is 18.3 Å². The van der Waals surface area contributed by atoms with E-state index in [0.717, 1.165) is 10.9 Å². The minimum absolute atomic E-state index is 0.0401. The number of alkyl halides is 3. The van der Waals surface area contributed by atoms with Crippen molar-refractivity contribution in [2.24, 2.45) is 5.73 Å². The highest BCUT2D eigenvalue weighted by molar-refractivity contribution is 5.41. The van der Waals surface area contributed by atoms with Gasteiger partial charge in [-0.3, -0.25) is 0 Å². The normalized spacial score (nSPS) is 11.8. The van der Waals surface area contributed by atoms with Crippen LogP contribution in [0.15, 0.2) is 30.5 Å². The van der Waals surface area contributed by atoms with Crippen molar-refractivity contribution in [3.63, 3.8) is 0 Å². The molecule has 0 radical (unpaired) electrons. The molecule has 0 aliphatic rings. The molecule has 3 N–H and O–H groups in total. The van der Waals surface area contributed by atoms with Crippen LogP contribution >= 0.6 is 0 Å². The van der Waals surface area contributed by atoms with E-state index in [2.05, 4.69) is 5.10 Å². The van der Waals surface area contributed by atoms with Gasteiger partial charge in [-0.05, 0) is 25.1 Å². The first kappa shape index (κ1) is 13.4. The summed E-state index contributed by atoms with van der Waals surface area (Å²) in [6.07, 6.45) is -3.29. The van der Waals surface area contributed by atoms with E-state index >= 15 is 0 Å². The zero-order valence-corrected chi connectivity index (χ0v) is 9.85. The number of nitrogens with zero attached hydrogens (tertiary/aromatic N) is 2. The van der Waals surface area contributed by atoms with Gasteiger partial charge in [0, 0.05) is 11.6 Å². The van der Waals surface area contributed by atoms with E-state index in [-0.39, 0.29) is 30.0 Å². The SMILES string of the molecule is NCCc1cnn(-c2cccc(O)c2)c1C(F)(F)F. The Kier molecular flexibility index (Phi) is 3.48. The molecule has 0 spiro atoms. The van der Waals surface area contributed by atoms with E-state index in [1.807, 2.05) is 0 Å². The third-order valence-electron chi connectivity index (χ3n) is 2.60. The molecule has 2 aromatic rings. The molecule has 0 saturated heterocycles. The number of hydrogen-bond donors (Lipinski definition) is 2. The highest BCUT2D eigenvalue weighted by atomic mass is 19.4. The number of aromatic hydroxyl groups is 1. The second kappa shape index (κ2) is 4.93. The van der Waals surface area contributed by atoms with Gasteiger partial charge >= 0.3 is 6.18 Å². The van der Waals surface area contributed by atoms with Crippen LogP contribution in [0.25, 0.3) is 5.69 Å². The summed E-state index contributed by atoms with van der Waals surface area (Å²) in [6.45, 7) is 0.106. The first-order valence-electron chi connectivity index (χ1n) is 5.57. The van der Waals surface area contributed by atoms with E-state index < -0.39 is 11.9 Å². The summed E-state index contributed by atoms with van der Waals surface area (Å²) < 4.78 is 40.0. The van der Waals surface area contributed by atoms with E-state index in [4.69, 9.17) is 5.73 Å². The predicted octanol–water partition coefficient (Wildman–Crippen LogP) is 2.10. The zero-order chi connectivity index (χ0) is 14.0. The summed E-state index contributed by atoms with van der Waals surface area (Å²) in [4.78, 5) is 0. The van der Waals surface area contributed by atoms with Crippen molar-refractivity contribution in [2.75, 3.05) is 6.54 Å². The lowest BCUT2D eigenvalue weighted by Gasteiger charge is -2.12. The van der Waals surface area contributed by atoms with Crippen LogP contribution in [0.1, 0.15) is 11.3 Å². The Hall–Kier alpha value is -2.02. The van der Waals surface area contributed by atoms with Crippen LogP contribution in [0.4, 0.5) is 13.2 Å². The predicted molar refractivity (Wildman–Crippen MR) is 63.0 cm³/mol. The summed E-state index contributed by atoms with van der Waals surface area (Å²) >= 11 is 0. The molecule has 2 rings (SSSR count). The summed E-state index contributed by atoms with van der Waals surface area (Å²) in [7, 11) is 0. The van der Waals surface area contributed by atoms with E-state index in [9.17, 15) is 18.3 Å². The van der Waals surface area contributed by atoms with Crippen molar-refractivity contribution in [3.8, 4) is 11.4 Å². The summed E-state index contributed by atoms with van der Waals surface area (Å²) in [5.74, 6) is -0.124. The number of nitrogens with two attached hydrogens (primary N) is 1. The maximum Gasteiger partial charge on any atom is 0.433 e. The largest absolute Gasteiger partial charge is 0.508 e. The first-order valence-corrected chi connectivity index (χ1v) is 5.57. The van der Waals surface area contributed by atoms with Gasteiger partial charge in [0.1, 0.15) is 5.75 Å². The lowest BCUT2D eigenvalue weighted by Crippen LogP contribution is -2.16. The lowest BCUT2D eigenvalue weighted by molar-refractivity contribution is -0.143. The molecular weight excluding hydrogens is 259 g/mol. The van der Waals surface area contributed by atoms with Gasteiger partial charge in [-0.25, -0.2) is 4.68 Å². The molecule has 0 saturated carbocycles. The van der Waals surface area contributed by atoms with Gasteiger partial charge in [0.15, 0.2) is 5.69 Å². The van der Waals surface area contributed by atoms with Crippen LogP contribution in [0.5, 0.6) is 5.75 Å². The molecule has 1 heterocycles. The van der Waals surface area contributed by atoms with Crippen LogP contribution in [0, 0.1) is 0 Å². The fraction of sp³-hybridized carbons (Fsp3) is 0.250. The second-order valence-corrected chi connectivity index (χ2v) is 3.99. The molecule has 0 aliphatic heterocycles. The molecule has 0 bridgehead atoms. The number of hydrogen-bond acceptors (Lipinski definition) is 3. The number of rotatable bonds is 3. The van der Waals surface area contributed by atoms with Gasteiger partial charge in [0.2, 0.25) is 0 Å². The van der Waals surface area contributed by atoms with Crippen molar-refractivity contribution in [1.82, 2.24) is 9.78 Å². The van der Waals surface area contributed by atoms with Crippen LogP contribution in [0.2, 0.25) is 0 Å². The average molecular weight is 271 g/mol. The number of halogens is 3. The Morgan fingerprint density at radius 3 is 2.63 bits per heavy atom. The smallest absolute Gasteiger partial charge is 0.433 e. The van der Waals surface area contributed by atoms with Gasteiger partial charge < -0.3 is 10.8 Å². The van der Waals surface area contributed by atoms with Crippen LogP contribution < -0.4 is 5.73 Å². The Morgan fingerprint density at radius 1 is 1.32 bits per heavy atom. The minimum atomic E-state index is -4.54. The van der Waals surface area contributed by atoms with Crippen LogP contribution in [-0.2, 0) is 12.6 Å². The molecule has 1 aromatic heterocycles. The fourth-order valence-electron chi connectivity index (χ4n) is 1.84. The number of benzene rings is 1. The van der Waals surface area contributed by atoms with Crippen molar-refractivity contribution in [1.29, 1.82) is 0 Å². The number of phenols is 1. The van der Waals surface area contributed by atoms with E-state index in [1.165, 1.54) is 24.3 Å². The Bertz CT molecular complexity index is 578. The van der Waals surface area contributed by atoms with Gasteiger partial charge in [-0.15, -0.1) is 0 Å². The third-order valence-corrected chi connectivity index (χ3v) is 2.60. The molecule has 7 heteroatoms. The highest BCUT2D eigenvalue weighted by Gasteiger charge is 2.38. The molecule has 0 atom stereocenters. The molecule has 4 nitrogen and oxygen atoms in total. The molecule has 19 heavy (non-hydrogen) atoms. The second-order valence-electron chi connectivity index (χ2n) is 3.99. The van der Waals surface area contributed by atoms with Crippen molar-refractivity contribution in [3.05, 3.63) is 41.7 Å². The van der Waals surface area contributed by atoms with Gasteiger partial charge in [-0.1, -0.05) is 6.07 Å². The molecule has 102 valence electrons. The van der Waals surface area contributed by atoms with Gasteiger partial charge in [0.25, 0.3) is 0 Å². The van der Waals surface area contributed by atoms with Gasteiger partial charge in [0.05, 0.1) is 11.9 Å². The molecule has 0 fully saturated rings. The molecular formula is C12H12F3N3O. The first-order chi connectivity index (χ1) is 8.93. The molecule has 0 amide bonds. The Morgan fingerprint density at radius 2 is 2.05 bits per heavy atom. The lowest BCUT2D eigenvalue weighted by atomic mass is 10.1. The monoisotopic (exact) mass is 271 g/mol. The standard InChI is InChI=1S/C12H12F3N3O/c13-12(14,15)11-8(4-5-16)7-17-18(11)9-2-1-3-10(19)6-9/h1-3,6-7,19H,4-5,16H2. The zero-order valence-electron chi connectivity index (χ0n) is 9.85. The number of aromatic nitrogens is 2.